The van der Waals surface area contributed by atoms with Crippen LogP contribution in [0.1, 0.15) is 12.5 Å². The van der Waals surface area contributed by atoms with Gasteiger partial charge in [-0.1, -0.05) is 18.2 Å². The summed E-state index contributed by atoms with van der Waals surface area (Å²) in [5.41, 5.74) is 1.72. The van der Waals surface area contributed by atoms with Gasteiger partial charge in [0.25, 0.3) is 10.0 Å². The molecule has 1 aliphatic heterocycles. The highest BCUT2D eigenvalue weighted by molar-refractivity contribution is 7.90. The molecule has 0 aliphatic carbocycles. The van der Waals surface area contributed by atoms with Crippen LogP contribution in [0.15, 0.2) is 59.6 Å². The third-order valence-corrected chi connectivity index (χ3v) is 6.80. The summed E-state index contributed by atoms with van der Waals surface area (Å²) in [5.74, 6) is 0.823. The lowest BCUT2D eigenvalue weighted by molar-refractivity contribution is 0.229. The number of benzene rings is 2. The molecular formula is C21H25N3O3S. The van der Waals surface area contributed by atoms with E-state index in [0.29, 0.717) is 12.1 Å². The summed E-state index contributed by atoms with van der Waals surface area (Å²) in [6, 6.07) is 14.1. The Bertz CT molecular complexity index is 1060. The zero-order chi connectivity index (χ0) is 19.6. The van der Waals surface area contributed by atoms with Gasteiger partial charge < -0.3 is 10.1 Å². The minimum atomic E-state index is -3.64. The average Bonchev–Trinajstić information content (AvgIpc) is 3.17. The molecule has 7 heteroatoms. The largest absolute Gasteiger partial charge is 0.494 e. The predicted molar refractivity (Wildman–Crippen MR) is 110 cm³/mol. The fourth-order valence-electron chi connectivity index (χ4n) is 3.70. The molecule has 2 heterocycles. The maximum atomic E-state index is 13.1. The highest BCUT2D eigenvalue weighted by atomic mass is 32.2. The van der Waals surface area contributed by atoms with Crippen molar-refractivity contribution in [1.29, 1.82) is 0 Å². The monoisotopic (exact) mass is 399 g/mol. The van der Waals surface area contributed by atoms with Gasteiger partial charge in [0.05, 0.1) is 17.0 Å². The van der Waals surface area contributed by atoms with Crippen molar-refractivity contribution in [1.82, 2.24) is 14.2 Å². The van der Waals surface area contributed by atoms with Crippen molar-refractivity contribution < 1.29 is 13.2 Å². The van der Waals surface area contributed by atoms with Gasteiger partial charge in [-0.3, -0.25) is 4.90 Å². The van der Waals surface area contributed by atoms with Gasteiger partial charge in [-0.2, -0.15) is 0 Å². The minimum Gasteiger partial charge on any atom is -0.494 e. The summed E-state index contributed by atoms with van der Waals surface area (Å²) < 4.78 is 33.5. The van der Waals surface area contributed by atoms with Crippen LogP contribution in [0.25, 0.3) is 10.9 Å². The first-order valence-corrected chi connectivity index (χ1v) is 11.0. The smallest absolute Gasteiger partial charge is 0.268 e. The van der Waals surface area contributed by atoms with E-state index in [1.165, 1.54) is 3.97 Å². The Morgan fingerprint density at radius 2 is 1.79 bits per heavy atom. The number of aromatic nitrogens is 1. The molecular weight excluding hydrogens is 374 g/mol. The van der Waals surface area contributed by atoms with Crippen molar-refractivity contribution in [3.05, 3.63) is 60.3 Å². The quantitative estimate of drug-likeness (QED) is 0.691. The van der Waals surface area contributed by atoms with Crippen molar-refractivity contribution in [3.8, 4) is 5.75 Å². The van der Waals surface area contributed by atoms with Gasteiger partial charge in [0.1, 0.15) is 5.75 Å². The highest BCUT2D eigenvalue weighted by Crippen LogP contribution is 2.32. The van der Waals surface area contributed by atoms with Crippen LogP contribution in [0.4, 0.5) is 0 Å². The molecule has 4 rings (SSSR count). The van der Waals surface area contributed by atoms with E-state index in [0.717, 1.165) is 49.4 Å². The second-order valence-electron chi connectivity index (χ2n) is 6.86. The summed E-state index contributed by atoms with van der Waals surface area (Å²) in [6.45, 7) is 7.12. The number of rotatable bonds is 6. The third kappa shape index (κ3) is 3.53. The summed E-state index contributed by atoms with van der Waals surface area (Å²) in [5, 5.41) is 4.28. The summed E-state index contributed by atoms with van der Waals surface area (Å²) in [4.78, 5) is 2.65. The van der Waals surface area contributed by atoms with E-state index < -0.39 is 10.0 Å². The fraction of sp³-hybridized carbons (Fsp3) is 0.333. The first-order valence-electron chi connectivity index (χ1n) is 9.60. The van der Waals surface area contributed by atoms with Gasteiger partial charge in [-0.25, -0.2) is 12.4 Å². The average molecular weight is 400 g/mol. The molecule has 1 aromatic heterocycles. The number of nitrogens with one attached hydrogen (secondary N) is 1. The molecule has 1 saturated heterocycles. The second kappa shape index (κ2) is 7.95. The number of piperazine rings is 1. The molecule has 1 aliphatic rings. The number of ether oxygens (including phenoxy) is 1. The van der Waals surface area contributed by atoms with E-state index in [1.54, 1.807) is 30.5 Å². The third-order valence-electron chi connectivity index (χ3n) is 5.10. The molecule has 0 spiro atoms. The SMILES string of the molecule is CCOc1ccc2c(ccn2S(=O)(=O)c2ccccc2)c1CN1CCNCC1. The van der Waals surface area contributed by atoms with Crippen LogP contribution in [-0.4, -0.2) is 50.1 Å². The molecule has 28 heavy (non-hydrogen) atoms. The number of fused-ring (bicyclic) bond motifs is 1. The first-order chi connectivity index (χ1) is 13.6. The molecule has 0 bridgehead atoms. The first kappa shape index (κ1) is 19.0. The lowest BCUT2D eigenvalue weighted by atomic mass is 10.1. The predicted octanol–water partition coefficient (Wildman–Crippen LogP) is 2.68. The van der Waals surface area contributed by atoms with Crippen molar-refractivity contribution in [2.24, 2.45) is 0 Å². The molecule has 0 saturated carbocycles. The van der Waals surface area contributed by atoms with E-state index in [4.69, 9.17) is 4.74 Å². The van der Waals surface area contributed by atoms with Gasteiger partial charge in [-0.05, 0) is 37.3 Å². The van der Waals surface area contributed by atoms with Gasteiger partial charge >= 0.3 is 0 Å². The van der Waals surface area contributed by atoms with Gasteiger partial charge in [-0.15, -0.1) is 0 Å². The van der Waals surface area contributed by atoms with Crippen LogP contribution in [0.2, 0.25) is 0 Å². The molecule has 1 fully saturated rings. The lowest BCUT2D eigenvalue weighted by Gasteiger charge is -2.28. The van der Waals surface area contributed by atoms with Crippen molar-refractivity contribution >= 4 is 20.9 Å². The Morgan fingerprint density at radius 3 is 2.50 bits per heavy atom. The Balaban J connectivity index is 1.80. The minimum absolute atomic E-state index is 0.282. The van der Waals surface area contributed by atoms with Crippen molar-refractivity contribution in [2.45, 2.75) is 18.4 Å². The van der Waals surface area contributed by atoms with Crippen LogP contribution in [0, 0.1) is 0 Å². The fourth-order valence-corrected chi connectivity index (χ4v) is 5.06. The van der Waals surface area contributed by atoms with E-state index >= 15 is 0 Å². The van der Waals surface area contributed by atoms with Crippen LogP contribution < -0.4 is 10.1 Å². The summed E-state index contributed by atoms with van der Waals surface area (Å²) in [6.07, 6.45) is 1.64. The maximum Gasteiger partial charge on any atom is 0.268 e. The second-order valence-corrected chi connectivity index (χ2v) is 8.68. The number of hydrogen-bond donors (Lipinski definition) is 1. The maximum absolute atomic E-state index is 13.1. The van der Waals surface area contributed by atoms with Gasteiger partial charge in [0.15, 0.2) is 0 Å². The zero-order valence-electron chi connectivity index (χ0n) is 16.0. The molecule has 0 amide bonds. The summed E-state index contributed by atoms with van der Waals surface area (Å²) >= 11 is 0. The number of nitrogens with zero attached hydrogens (tertiary/aromatic N) is 2. The highest BCUT2D eigenvalue weighted by Gasteiger charge is 2.22. The molecule has 148 valence electrons. The molecule has 1 N–H and O–H groups in total. The van der Waals surface area contributed by atoms with E-state index in [1.807, 2.05) is 31.2 Å². The van der Waals surface area contributed by atoms with Crippen molar-refractivity contribution in [2.75, 3.05) is 32.8 Å². The summed E-state index contributed by atoms with van der Waals surface area (Å²) in [7, 11) is -3.64. The topological polar surface area (TPSA) is 63.6 Å². The molecule has 2 aromatic carbocycles. The van der Waals surface area contributed by atoms with Crippen LogP contribution >= 0.6 is 0 Å². The molecule has 3 aromatic rings. The lowest BCUT2D eigenvalue weighted by Crippen LogP contribution is -2.42. The van der Waals surface area contributed by atoms with Crippen LogP contribution in [-0.2, 0) is 16.6 Å². The molecule has 6 nitrogen and oxygen atoms in total. The molecule has 0 atom stereocenters. The van der Waals surface area contributed by atoms with Crippen LogP contribution in [0.5, 0.6) is 5.75 Å². The normalized spacial score (nSPS) is 15.8. The van der Waals surface area contributed by atoms with E-state index in [9.17, 15) is 8.42 Å². The van der Waals surface area contributed by atoms with E-state index in [2.05, 4.69) is 10.2 Å². The standard InChI is InChI=1S/C21H25N3O3S/c1-2-27-21-9-8-20-18(19(21)16-23-14-11-22-12-15-23)10-13-24(20)28(25,26)17-6-4-3-5-7-17/h3-10,13,22H,2,11-12,14-16H2,1H3. The Morgan fingerprint density at radius 1 is 1.04 bits per heavy atom. The Hall–Kier alpha value is -2.35. The van der Waals surface area contributed by atoms with Gasteiger partial charge in [0.2, 0.25) is 0 Å². The number of hydrogen-bond acceptors (Lipinski definition) is 5. The Labute approximate surface area is 165 Å². The van der Waals surface area contributed by atoms with Crippen molar-refractivity contribution in [3.63, 3.8) is 0 Å². The van der Waals surface area contributed by atoms with E-state index in [-0.39, 0.29) is 4.90 Å². The molecule has 0 unspecified atom stereocenters. The van der Waals surface area contributed by atoms with Gasteiger partial charge in [0, 0.05) is 49.9 Å². The zero-order valence-corrected chi connectivity index (χ0v) is 16.8. The van der Waals surface area contributed by atoms with Crippen LogP contribution in [0.3, 0.4) is 0 Å². The Kier molecular flexibility index (Phi) is 5.39. The molecule has 0 radical (unpaired) electrons.